The monoisotopic (exact) mass is 449 g/mol. The highest BCUT2D eigenvalue weighted by Gasteiger charge is 2.16. The van der Waals surface area contributed by atoms with Crippen LogP contribution in [0.2, 0.25) is 0 Å². The van der Waals surface area contributed by atoms with Crippen LogP contribution >= 0.6 is 0 Å². The summed E-state index contributed by atoms with van der Waals surface area (Å²) in [5.74, 6) is 1.46. The van der Waals surface area contributed by atoms with Gasteiger partial charge in [-0.2, -0.15) is 4.98 Å². The third kappa shape index (κ3) is 5.85. The Kier molecular flexibility index (Phi) is 6.41. The summed E-state index contributed by atoms with van der Waals surface area (Å²) in [5, 5.41) is 4.45. The van der Waals surface area contributed by atoms with Crippen LogP contribution in [0.1, 0.15) is 29.7 Å². The van der Waals surface area contributed by atoms with E-state index in [1.54, 1.807) is 18.2 Å². The van der Waals surface area contributed by atoms with E-state index in [2.05, 4.69) is 24.9 Å². The molecule has 166 valence electrons. The van der Waals surface area contributed by atoms with Crippen LogP contribution in [0.4, 0.5) is 23.1 Å². The summed E-state index contributed by atoms with van der Waals surface area (Å²) in [7, 11) is -3.61. The third-order valence-corrected chi connectivity index (χ3v) is 6.18. The molecule has 1 aliphatic heterocycles. The molecule has 1 aliphatic rings. The number of nitrogens with zero attached hydrogens (tertiary/aromatic N) is 3. The Morgan fingerprint density at radius 3 is 2.25 bits per heavy atom. The molecule has 8 heteroatoms. The van der Waals surface area contributed by atoms with Crippen molar-refractivity contribution in [1.29, 1.82) is 0 Å². The largest absolute Gasteiger partial charge is 0.341 e. The van der Waals surface area contributed by atoms with Crippen molar-refractivity contribution < 1.29 is 8.42 Å². The van der Waals surface area contributed by atoms with Gasteiger partial charge in [0.25, 0.3) is 10.0 Å². The fraction of sp³-hybridized carbons (Fsp3) is 0.250. The molecule has 2 N–H and O–H groups in total. The summed E-state index contributed by atoms with van der Waals surface area (Å²) in [5.41, 5.74) is 4.15. The van der Waals surface area contributed by atoms with Crippen molar-refractivity contribution in [2.75, 3.05) is 28.0 Å². The predicted molar refractivity (Wildman–Crippen MR) is 131 cm³/mol. The van der Waals surface area contributed by atoms with Crippen molar-refractivity contribution in [2.24, 2.45) is 0 Å². The Morgan fingerprint density at radius 1 is 0.906 bits per heavy atom. The highest BCUT2D eigenvalue weighted by molar-refractivity contribution is 7.95. The molecule has 1 fully saturated rings. The molecule has 2 heterocycles. The second-order valence-electron chi connectivity index (χ2n) is 7.95. The number of nitrogens with one attached hydrogen (secondary N) is 2. The molecular formula is C24H27N5O2S. The minimum absolute atomic E-state index is 0.487. The lowest BCUT2D eigenvalue weighted by atomic mass is 10.2. The number of hydrogen-bond acceptors (Lipinski definition) is 6. The van der Waals surface area contributed by atoms with Gasteiger partial charge in [0.05, 0.1) is 5.41 Å². The minimum atomic E-state index is -3.61. The van der Waals surface area contributed by atoms with Crippen molar-refractivity contribution >= 4 is 39.2 Å². The van der Waals surface area contributed by atoms with Gasteiger partial charge in [0.2, 0.25) is 5.95 Å². The molecule has 0 bridgehead atoms. The molecule has 0 atom stereocenters. The lowest BCUT2D eigenvalue weighted by molar-refractivity contribution is 0.609. The van der Waals surface area contributed by atoms with E-state index in [1.165, 1.54) is 5.41 Å². The Hall–Kier alpha value is -3.39. The molecule has 1 saturated heterocycles. The Balaban J connectivity index is 1.41. The van der Waals surface area contributed by atoms with E-state index in [4.69, 9.17) is 0 Å². The van der Waals surface area contributed by atoms with Crippen molar-refractivity contribution in [3.05, 3.63) is 76.8 Å². The summed E-state index contributed by atoms with van der Waals surface area (Å²) < 4.78 is 27.3. The zero-order valence-corrected chi connectivity index (χ0v) is 19.1. The molecule has 0 amide bonds. The number of benzene rings is 2. The Morgan fingerprint density at radius 2 is 1.56 bits per heavy atom. The molecule has 32 heavy (non-hydrogen) atoms. The summed E-state index contributed by atoms with van der Waals surface area (Å²) >= 11 is 0. The predicted octanol–water partition coefficient (Wildman–Crippen LogP) is 4.85. The molecular weight excluding hydrogens is 422 g/mol. The number of sulfonamides is 1. The first-order chi connectivity index (χ1) is 15.4. The van der Waals surface area contributed by atoms with Gasteiger partial charge in [-0.15, -0.1) is 0 Å². The van der Waals surface area contributed by atoms with Gasteiger partial charge in [-0.05, 0) is 62.6 Å². The summed E-state index contributed by atoms with van der Waals surface area (Å²) in [6.45, 7) is 5.91. The second kappa shape index (κ2) is 9.40. The fourth-order valence-electron chi connectivity index (χ4n) is 3.49. The summed E-state index contributed by atoms with van der Waals surface area (Å²) in [4.78, 5) is 11.4. The van der Waals surface area contributed by atoms with Crippen LogP contribution in [0.15, 0.2) is 60.0 Å². The highest BCUT2D eigenvalue weighted by atomic mass is 32.2. The average molecular weight is 450 g/mol. The zero-order valence-electron chi connectivity index (χ0n) is 18.2. The maximum Gasteiger partial charge on any atom is 0.255 e. The van der Waals surface area contributed by atoms with Gasteiger partial charge in [-0.25, -0.2) is 13.4 Å². The quantitative estimate of drug-likeness (QED) is 0.536. The van der Waals surface area contributed by atoms with Crippen LogP contribution in [0, 0.1) is 13.8 Å². The zero-order chi connectivity index (χ0) is 22.6. The van der Waals surface area contributed by atoms with E-state index in [0.29, 0.717) is 11.5 Å². The van der Waals surface area contributed by atoms with Crippen molar-refractivity contribution in [1.82, 2.24) is 9.97 Å². The summed E-state index contributed by atoms with van der Waals surface area (Å²) in [6, 6.07) is 16.6. The number of rotatable bonds is 7. The van der Waals surface area contributed by atoms with E-state index >= 15 is 0 Å². The third-order valence-electron chi connectivity index (χ3n) is 5.17. The molecule has 0 aliphatic carbocycles. The van der Waals surface area contributed by atoms with E-state index in [1.807, 2.05) is 56.3 Å². The van der Waals surface area contributed by atoms with Crippen molar-refractivity contribution in [3.8, 4) is 0 Å². The first-order valence-corrected chi connectivity index (χ1v) is 12.2. The van der Waals surface area contributed by atoms with Crippen LogP contribution < -0.4 is 14.9 Å². The standard InChI is InChI=1S/C24H27N5O2S/c1-18-5-7-20(8-6-18)13-16-32(30,31)28-22-11-9-21(10-12-22)26-23-17-19(2)25-24(27-23)29-14-3-4-15-29/h5-13,16-17,28H,3-4,14-15H2,1-2H3,(H,25,26,27)/b16-13+. The lowest BCUT2D eigenvalue weighted by Gasteiger charge is -2.17. The molecule has 0 spiro atoms. The lowest BCUT2D eigenvalue weighted by Crippen LogP contribution is -2.21. The van der Waals surface area contributed by atoms with Gasteiger partial charge in [-0.3, -0.25) is 4.72 Å². The number of anilines is 4. The number of hydrogen-bond donors (Lipinski definition) is 2. The van der Waals surface area contributed by atoms with E-state index < -0.39 is 10.0 Å². The van der Waals surface area contributed by atoms with Gasteiger partial charge in [0.1, 0.15) is 5.82 Å². The topological polar surface area (TPSA) is 87.2 Å². The maximum atomic E-state index is 12.4. The van der Waals surface area contributed by atoms with Crippen LogP contribution in [0.25, 0.3) is 6.08 Å². The second-order valence-corrected chi connectivity index (χ2v) is 9.52. The van der Waals surface area contributed by atoms with E-state index in [-0.39, 0.29) is 0 Å². The van der Waals surface area contributed by atoms with Gasteiger partial charge in [0, 0.05) is 36.2 Å². The van der Waals surface area contributed by atoms with Crippen LogP contribution in [0.3, 0.4) is 0 Å². The SMILES string of the molecule is Cc1ccc(/C=C/S(=O)(=O)Nc2ccc(Nc3cc(C)nc(N4CCCC4)n3)cc2)cc1. The van der Waals surface area contributed by atoms with Crippen LogP contribution in [-0.2, 0) is 10.0 Å². The first-order valence-electron chi connectivity index (χ1n) is 10.6. The minimum Gasteiger partial charge on any atom is -0.341 e. The molecule has 0 saturated carbocycles. The maximum absolute atomic E-state index is 12.4. The molecule has 4 rings (SSSR count). The molecule has 1 aromatic heterocycles. The van der Waals surface area contributed by atoms with Gasteiger partial charge >= 0.3 is 0 Å². The molecule has 0 unspecified atom stereocenters. The molecule has 3 aromatic rings. The molecule has 2 aromatic carbocycles. The van der Waals surface area contributed by atoms with Gasteiger partial charge in [-0.1, -0.05) is 29.8 Å². The van der Waals surface area contributed by atoms with Crippen LogP contribution in [0.5, 0.6) is 0 Å². The van der Waals surface area contributed by atoms with E-state index in [9.17, 15) is 8.42 Å². The van der Waals surface area contributed by atoms with Gasteiger partial charge in [0.15, 0.2) is 0 Å². The Labute approximate surface area is 189 Å². The fourth-order valence-corrected chi connectivity index (χ4v) is 4.36. The normalized spacial score (nSPS) is 14.1. The Bertz CT molecular complexity index is 1200. The van der Waals surface area contributed by atoms with Crippen molar-refractivity contribution in [2.45, 2.75) is 26.7 Å². The van der Waals surface area contributed by atoms with Gasteiger partial charge < -0.3 is 10.2 Å². The average Bonchev–Trinajstić information content (AvgIpc) is 3.29. The van der Waals surface area contributed by atoms with Crippen LogP contribution in [-0.4, -0.2) is 31.5 Å². The molecule has 0 radical (unpaired) electrons. The highest BCUT2D eigenvalue weighted by Crippen LogP contribution is 2.22. The first kappa shape index (κ1) is 21.8. The van der Waals surface area contributed by atoms with E-state index in [0.717, 1.165) is 54.4 Å². The summed E-state index contributed by atoms with van der Waals surface area (Å²) in [6.07, 6.45) is 3.91. The molecule has 7 nitrogen and oxygen atoms in total. The van der Waals surface area contributed by atoms with Crippen molar-refractivity contribution in [3.63, 3.8) is 0 Å². The number of aromatic nitrogens is 2. The smallest absolute Gasteiger partial charge is 0.255 e. The number of aryl methyl sites for hydroxylation is 2.